The zero-order chi connectivity index (χ0) is 10.9. The van der Waals surface area contributed by atoms with Gasteiger partial charge in [0, 0.05) is 6.61 Å². The molecule has 2 nitrogen and oxygen atoms in total. The molecule has 0 amide bonds. The van der Waals surface area contributed by atoms with E-state index in [1.807, 2.05) is 6.92 Å². The van der Waals surface area contributed by atoms with Crippen molar-refractivity contribution >= 4 is 0 Å². The minimum Gasteiger partial charge on any atom is -0.379 e. The molecule has 85 valence electrons. The molecule has 2 heteroatoms. The van der Waals surface area contributed by atoms with Crippen molar-refractivity contribution in [3.63, 3.8) is 0 Å². The highest BCUT2D eigenvalue weighted by molar-refractivity contribution is 4.81. The summed E-state index contributed by atoms with van der Waals surface area (Å²) in [6, 6.07) is 0. The van der Waals surface area contributed by atoms with Gasteiger partial charge in [0.15, 0.2) is 0 Å². The van der Waals surface area contributed by atoms with Crippen LogP contribution in [0.2, 0.25) is 0 Å². The molecule has 0 saturated carbocycles. The maximum absolute atomic E-state index is 5.75. The monoisotopic (exact) mass is 201 g/mol. The van der Waals surface area contributed by atoms with Gasteiger partial charge in [0.1, 0.15) is 0 Å². The fourth-order valence-corrected chi connectivity index (χ4v) is 1.31. The first kappa shape index (κ1) is 13.9. The van der Waals surface area contributed by atoms with E-state index in [0.29, 0.717) is 13.2 Å². The molecule has 1 radical (unpaired) electrons. The SMILES string of the molecule is [CH2]C(CC)(CCCC)OCCOCC. The number of hydrogen-bond donors (Lipinski definition) is 0. The summed E-state index contributed by atoms with van der Waals surface area (Å²) in [4.78, 5) is 0. The van der Waals surface area contributed by atoms with E-state index in [0.717, 1.165) is 19.4 Å². The van der Waals surface area contributed by atoms with Gasteiger partial charge in [0.05, 0.1) is 18.8 Å². The molecule has 0 aliphatic heterocycles. The van der Waals surface area contributed by atoms with Gasteiger partial charge < -0.3 is 9.47 Å². The molecule has 1 unspecified atom stereocenters. The molecule has 0 aromatic heterocycles. The Bertz CT molecular complexity index is 125. The van der Waals surface area contributed by atoms with Crippen LogP contribution in [-0.2, 0) is 9.47 Å². The Balaban J connectivity index is 3.63. The van der Waals surface area contributed by atoms with Gasteiger partial charge in [-0.05, 0) is 26.7 Å². The van der Waals surface area contributed by atoms with Crippen molar-refractivity contribution in [1.82, 2.24) is 0 Å². The van der Waals surface area contributed by atoms with Crippen LogP contribution >= 0.6 is 0 Å². The highest BCUT2D eigenvalue weighted by atomic mass is 16.5. The third-order valence-electron chi connectivity index (χ3n) is 2.47. The fourth-order valence-electron chi connectivity index (χ4n) is 1.31. The quantitative estimate of drug-likeness (QED) is 0.533. The van der Waals surface area contributed by atoms with Crippen molar-refractivity contribution < 1.29 is 9.47 Å². The van der Waals surface area contributed by atoms with Crippen molar-refractivity contribution in [3.8, 4) is 0 Å². The Morgan fingerprint density at radius 2 is 1.86 bits per heavy atom. The first-order valence-corrected chi connectivity index (χ1v) is 5.75. The number of unbranched alkanes of at least 4 members (excludes halogenated alkanes) is 1. The van der Waals surface area contributed by atoms with E-state index in [4.69, 9.17) is 9.47 Å². The summed E-state index contributed by atoms with van der Waals surface area (Å²) < 4.78 is 11.0. The lowest BCUT2D eigenvalue weighted by atomic mass is 9.96. The topological polar surface area (TPSA) is 18.5 Å². The zero-order valence-corrected chi connectivity index (χ0v) is 9.97. The maximum atomic E-state index is 5.75. The van der Waals surface area contributed by atoms with Crippen LogP contribution in [0.15, 0.2) is 0 Å². The Labute approximate surface area is 89.0 Å². The van der Waals surface area contributed by atoms with E-state index < -0.39 is 0 Å². The van der Waals surface area contributed by atoms with Gasteiger partial charge in [0.2, 0.25) is 0 Å². The van der Waals surface area contributed by atoms with Gasteiger partial charge in [-0.25, -0.2) is 0 Å². The molecule has 0 aromatic carbocycles. The molecule has 0 bridgehead atoms. The van der Waals surface area contributed by atoms with E-state index in [-0.39, 0.29) is 5.60 Å². The average Bonchev–Trinajstić information content (AvgIpc) is 2.22. The van der Waals surface area contributed by atoms with Crippen molar-refractivity contribution in [1.29, 1.82) is 0 Å². The average molecular weight is 201 g/mol. The molecular weight excluding hydrogens is 176 g/mol. The summed E-state index contributed by atoms with van der Waals surface area (Å²) in [5.74, 6) is 0. The predicted octanol–water partition coefficient (Wildman–Crippen LogP) is 3.21. The van der Waals surface area contributed by atoms with Crippen molar-refractivity contribution in [2.45, 2.75) is 52.1 Å². The normalized spacial score (nSPS) is 15.4. The fraction of sp³-hybridized carbons (Fsp3) is 0.917. The predicted molar refractivity (Wildman–Crippen MR) is 60.3 cm³/mol. The number of hydrogen-bond acceptors (Lipinski definition) is 2. The highest BCUT2D eigenvalue weighted by Gasteiger charge is 2.21. The summed E-state index contributed by atoms with van der Waals surface area (Å²) in [5, 5.41) is 0. The van der Waals surface area contributed by atoms with E-state index in [1.54, 1.807) is 0 Å². The summed E-state index contributed by atoms with van der Waals surface area (Å²) in [6.45, 7) is 12.6. The van der Waals surface area contributed by atoms with E-state index in [9.17, 15) is 0 Å². The molecule has 0 spiro atoms. The summed E-state index contributed by atoms with van der Waals surface area (Å²) in [7, 11) is 0. The molecule has 0 rings (SSSR count). The van der Waals surface area contributed by atoms with Gasteiger partial charge in [0.25, 0.3) is 0 Å². The van der Waals surface area contributed by atoms with E-state index >= 15 is 0 Å². The van der Waals surface area contributed by atoms with Crippen LogP contribution < -0.4 is 0 Å². The second-order valence-electron chi connectivity index (χ2n) is 3.69. The van der Waals surface area contributed by atoms with Crippen LogP contribution in [0.1, 0.15) is 46.5 Å². The van der Waals surface area contributed by atoms with Crippen LogP contribution in [0.4, 0.5) is 0 Å². The lowest BCUT2D eigenvalue weighted by Crippen LogP contribution is -2.29. The second-order valence-corrected chi connectivity index (χ2v) is 3.69. The zero-order valence-electron chi connectivity index (χ0n) is 9.97. The minimum absolute atomic E-state index is 0.187. The van der Waals surface area contributed by atoms with Gasteiger partial charge in [-0.3, -0.25) is 0 Å². The Kier molecular flexibility index (Phi) is 8.20. The third kappa shape index (κ3) is 6.39. The van der Waals surface area contributed by atoms with Gasteiger partial charge in [-0.2, -0.15) is 0 Å². The maximum Gasteiger partial charge on any atom is 0.0708 e. The Morgan fingerprint density at radius 1 is 1.14 bits per heavy atom. The van der Waals surface area contributed by atoms with Crippen molar-refractivity contribution in [2.75, 3.05) is 19.8 Å². The standard InChI is InChI=1S/C12H25O2/c1-5-8-9-12(4,6-2)14-11-10-13-7-3/h4-11H2,1-3H3. The van der Waals surface area contributed by atoms with Gasteiger partial charge in [-0.15, -0.1) is 0 Å². The molecule has 0 heterocycles. The largest absolute Gasteiger partial charge is 0.379 e. The molecule has 0 aliphatic carbocycles. The molecule has 14 heavy (non-hydrogen) atoms. The molecule has 0 aliphatic rings. The van der Waals surface area contributed by atoms with Gasteiger partial charge in [-0.1, -0.05) is 26.7 Å². The summed E-state index contributed by atoms with van der Waals surface area (Å²) >= 11 is 0. The lowest BCUT2D eigenvalue weighted by Gasteiger charge is -2.28. The third-order valence-corrected chi connectivity index (χ3v) is 2.47. The molecule has 0 N–H and O–H groups in total. The Morgan fingerprint density at radius 3 is 2.36 bits per heavy atom. The van der Waals surface area contributed by atoms with Crippen LogP contribution in [-0.4, -0.2) is 25.4 Å². The van der Waals surface area contributed by atoms with Crippen LogP contribution in [0, 0.1) is 6.92 Å². The van der Waals surface area contributed by atoms with Crippen molar-refractivity contribution in [2.24, 2.45) is 0 Å². The minimum atomic E-state index is -0.187. The smallest absolute Gasteiger partial charge is 0.0708 e. The van der Waals surface area contributed by atoms with Crippen LogP contribution in [0.25, 0.3) is 0 Å². The Hall–Kier alpha value is -0.0800. The van der Waals surface area contributed by atoms with E-state index in [1.165, 1.54) is 12.8 Å². The summed E-state index contributed by atoms with van der Waals surface area (Å²) in [5.41, 5.74) is -0.187. The second kappa shape index (κ2) is 8.25. The molecule has 0 aromatic rings. The van der Waals surface area contributed by atoms with Gasteiger partial charge >= 0.3 is 0 Å². The molecule has 1 atom stereocenters. The first-order valence-electron chi connectivity index (χ1n) is 5.75. The number of ether oxygens (including phenoxy) is 2. The lowest BCUT2D eigenvalue weighted by molar-refractivity contribution is -0.0467. The van der Waals surface area contributed by atoms with Crippen LogP contribution in [0.5, 0.6) is 0 Å². The number of rotatable bonds is 9. The summed E-state index contributed by atoms with van der Waals surface area (Å²) in [6.07, 6.45) is 4.41. The first-order chi connectivity index (χ1) is 6.68. The molecular formula is C12H25O2. The molecule has 0 saturated heterocycles. The highest BCUT2D eigenvalue weighted by Crippen LogP contribution is 2.21. The molecule has 0 fully saturated rings. The van der Waals surface area contributed by atoms with Crippen LogP contribution in [0.3, 0.4) is 0 Å². The van der Waals surface area contributed by atoms with Crippen molar-refractivity contribution in [3.05, 3.63) is 6.92 Å². The van der Waals surface area contributed by atoms with E-state index in [2.05, 4.69) is 20.8 Å².